The molecule has 4 aromatic rings. The predicted octanol–water partition coefficient (Wildman–Crippen LogP) is 7.98. The van der Waals surface area contributed by atoms with Gasteiger partial charge in [0, 0.05) is 25.6 Å². The van der Waals surface area contributed by atoms with Crippen molar-refractivity contribution < 1.29 is 4.79 Å². The van der Waals surface area contributed by atoms with Gasteiger partial charge in [0.1, 0.15) is 0 Å². The van der Waals surface area contributed by atoms with Crippen molar-refractivity contribution >= 4 is 54.4 Å². The molecule has 1 N–H and O–H groups in total. The van der Waals surface area contributed by atoms with Gasteiger partial charge < -0.3 is 5.32 Å². The highest BCUT2D eigenvalue weighted by atomic mass is 79.9. The van der Waals surface area contributed by atoms with E-state index in [4.69, 9.17) is 4.98 Å². The van der Waals surface area contributed by atoms with Gasteiger partial charge in [-0.05, 0) is 53.4 Å². The molecule has 4 rings (SSSR count). The van der Waals surface area contributed by atoms with Crippen molar-refractivity contribution in [3.8, 4) is 11.3 Å². The Bertz CT molecular complexity index is 1280. The van der Waals surface area contributed by atoms with E-state index in [1.807, 2.05) is 48.5 Å². The minimum absolute atomic E-state index is 0.0800. The standard InChI is InChI=1S/C26H22Br2N2O/c1-26(2,3)17-9-7-16(8-10-17)24-15-22(21-14-19(28)11-12-23(21)30-24)25(31)29-20-6-4-5-18(27)13-20/h4-15H,1-3H3,(H,29,31). The molecule has 0 aliphatic heterocycles. The Morgan fingerprint density at radius 2 is 1.58 bits per heavy atom. The molecule has 3 aromatic carbocycles. The Morgan fingerprint density at radius 1 is 0.871 bits per heavy atom. The Hall–Kier alpha value is -2.50. The molecule has 0 radical (unpaired) electrons. The van der Waals surface area contributed by atoms with Gasteiger partial charge in [0.05, 0.1) is 16.8 Å². The number of aromatic nitrogens is 1. The zero-order chi connectivity index (χ0) is 22.2. The van der Waals surface area contributed by atoms with E-state index < -0.39 is 0 Å². The Balaban J connectivity index is 1.80. The minimum Gasteiger partial charge on any atom is -0.322 e. The van der Waals surface area contributed by atoms with Crippen LogP contribution in [0.2, 0.25) is 0 Å². The Morgan fingerprint density at radius 3 is 2.26 bits per heavy atom. The van der Waals surface area contributed by atoms with E-state index in [1.165, 1.54) is 5.56 Å². The van der Waals surface area contributed by atoms with Crippen LogP contribution in [0.1, 0.15) is 36.7 Å². The van der Waals surface area contributed by atoms with Crippen LogP contribution in [-0.4, -0.2) is 10.9 Å². The molecule has 0 bridgehead atoms. The van der Waals surface area contributed by atoms with E-state index in [0.29, 0.717) is 5.56 Å². The van der Waals surface area contributed by atoms with Crippen LogP contribution < -0.4 is 5.32 Å². The van der Waals surface area contributed by atoms with Crippen molar-refractivity contribution in [2.45, 2.75) is 26.2 Å². The molecule has 0 saturated carbocycles. The summed E-state index contributed by atoms with van der Waals surface area (Å²) in [6, 6.07) is 23.6. The smallest absolute Gasteiger partial charge is 0.256 e. The van der Waals surface area contributed by atoms with Gasteiger partial charge in [-0.3, -0.25) is 4.79 Å². The van der Waals surface area contributed by atoms with Crippen molar-refractivity contribution in [3.63, 3.8) is 0 Å². The number of amides is 1. The van der Waals surface area contributed by atoms with Gasteiger partial charge in [-0.25, -0.2) is 4.98 Å². The van der Waals surface area contributed by atoms with Crippen LogP contribution in [0.4, 0.5) is 5.69 Å². The maximum Gasteiger partial charge on any atom is 0.256 e. The summed E-state index contributed by atoms with van der Waals surface area (Å²) in [5.74, 6) is -0.170. The normalized spacial score (nSPS) is 11.5. The number of anilines is 1. The molecule has 156 valence electrons. The fourth-order valence-corrected chi connectivity index (χ4v) is 4.20. The maximum atomic E-state index is 13.3. The number of hydrogen-bond donors (Lipinski definition) is 1. The van der Waals surface area contributed by atoms with Gasteiger partial charge in [0.2, 0.25) is 0 Å². The first-order valence-corrected chi connectivity index (χ1v) is 11.6. The number of hydrogen-bond acceptors (Lipinski definition) is 2. The summed E-state index contributed by atoms with van der Waals surface area (Å²) in [5.41, 5.74) is 5.19. The van der Waals surface area contributed by atoms with Crippen molar-refractivity contribution in [2.75, 3.05) is 5.32 Å². The summed E-state index contributed by atoms with van der Waals surface area (Å²) < 4.78 is 1.81. The summed E-state index contributed by atoms with van der Waals surface area (Å²) in [6.07, 6.45) is 0. The highest BCUT2D eigenvalue weighted by molar-refractivity contribution is 9.10. The summed E-state index contributed by atoms with van der Waals surface area (Å²) in [4.78, 5) is 18.1. The first-order chi connectivity index (χ1) is 14.7. The molecule has 1 heterocycles. The lowest BCUT2D eigenvalue weighted by molar-refractivity contribution is 0.102. The lowest BCUT2D eigenvalue weighted by Gasteiger charge is -2.19. The molecule has 0 aliphatic rings. The van der Waals surface area contributed by atoms with Crippen LogP contribution in [0.3, 0.4) is 0 Å². The summed E-state index contributed by atoms with van der Waals surface area (Å²) >= 11 is 6.97. The van der Waals surface area contributed by atoms with Crippen LogP contribution in [0, 0.1) is 0 Å². The average molecular weight is 538 g/mol. The first kappa shape index (κ1) is 21.7. The summed E-state index contributed by atoms with van der Waals surface area (Å²) in [7, 11) is 0. The number of carbonyl (C=O) groups is 1. The highest BCUT2D eigenvalue weighted by Crippen LogP contribution is 2.30. The molecule has 0 saturated heterocycles. The average Bonchev–Trinajstić information content (AvgIpc) is 2.72. The maximum absolute atomic E-state index is 13.3. The van der Waals surface area contributed by atoms with Crippen molar-refractivity contribution in [2.24, 2.45) is 0 Å². The number of rotatable bonds is 3. The fourth-order valence-electron chi connectivity index (χ4n) is 3.44. The van der Waals surface area contributed by atoms with Crippen LogP contribution in [0.5, 0.6) is 0 Å². The first-order valence-electron chi connectivity index (χ1n) is 9.99. The van der Waals surface area contributed by atoms with Crippen molar-refractivity contribution in [1.82, 2.24) is 4.98 Å². The van der Waals surface area contributed by atoms with Gasteiger partial charge in [-0.2, -0.15) is 0 Å². The van der Waals surface area contributed by atoms with Crippen LogP contribution >= 0.6 is 31.9 Å². The third-order valence-corrected chi connectivity index (χ3v) is 6.13. The topological polar surface area (TPSA) is 42.0 Å². The fraction of sp³-hybridized carbons (Fsp3) is 0.154. The van der Waals surface area contributed by atoms with Crippen molar-refractivity contribution in [3.05, 3.63) is 92.9 Å². The molecule has 0 atom stereocenters. The number of nitrogens with one attached hydrogen (secondary N) is 1. The summed E-state index contributed by atoms with van der Waals surface area (Å²) in [6.45, 7) is 6.58. The van der Waals surface area contributed by atoms with E-state index in [9.17, 15) is 4.79 Å². The molecular formula is C26H22Br2N2O. The predicted molar refractivity (Wildman–Crippen MR) is 136 cm³/mol. The Labute approximate surface area is 199 Å². The zero-order valence-electron chi connectivity index (χ0n) is 17.5. The van der Waals surface area contributed by atoms with E-state index in [0.717, 1.165) is 36.8 Å². The second-order valence-corrected chi connectivity index (χ2v) is 10.3. The molecule has 0 unspecified atom stereocenters. The third-order valence-electron chi connectivity index (χ3n) is 5.14. The molecule has 0 fully saturated rings. The molecule has 5 heteroatoms. The van der Waals surface area contributed by atoms with E-state index >= 15 is 0 Å². The number of halogens is 2. The number of pyridine rings is 1. The monoisotopic (exact) mass is 536 g/mol. The van der Waals surface area contributed by atoms with Gasteiger partial charge in [0.15, 0.2) is 0 Å². The van der Waals surface area contributed by atoms with Crippen LogP contribution in [0.15, 0.2) is 81.7 Å². The van der Waals surface area contributed by atoms with E-state index in [2.05, 4.69) is 82.2 Å². The lowest BCUT2D eigenvalue weighted by Crippen LogP contribution is -2.13. The third kappa shape index (κ3) is 4.89. The second-order valence-electron chi connectivity index (χ2n) is 8.51. The molecular weight excluding hydrogens is 516 g/mol. The number of carbonyl (C=O) groups excluding carboxylic acids is 1. The van der Waals surface area contributed by atoms with Gasteiger partial charge in [-0.15, -0.1) is 0 Å². The molecule has 1 aromatic heterocycles. The van der Waals surface area contributed by atoms with E-state index in [-0.39, 0.29) is 11.3 Å². The van der Waals surface area contributed by atoms with Gasteiger partial charge in [0.25, 0.3) is 5.91 Å². The zero-order valence-corrected chi connectivity index (χ0v) is 20.7. The molecule has 0 aliphatic carbocycles. The Kier molecular flexibility index (Phi) is 6.00. The number of fused-ring (bicyclic) bond motifs is 1. The number of nitrogens with zero attached hydrogens (tertiary/aromatic N) is 1. The lowest BCUT2D eigenvalue weighted by atomic mass is 9.86. The van der Waals surface area contributed by atoms with Gasteiger partial charge in [-0.1, -0.05) is 83.0 Å². The highest BCUT2D eigenvalue weighted by Gasteiger charge is 2.17. The largest absolute Gasteiger partial charge is 0.322 e. The van der Waals surface area contributed by atoms with Crippen molar-refractivity contribution in [1.29, 1.82) is 0 Å². The van der Waals surface area contributed by atoms with Gasteiger partial charge >= 0.3 is 0 Å². The minimum atomic E-state index is -0.170. The molecule has 0 spiro atoms. The SMILES string of the molecule is CC(C)(C)c1ccc(-c2cc(C(=O)Nc3cccc(Br)c3)c3cc(Br)ccc3n2)cc1. The number of benzene rings is 3. The molecule has 31 heavy (non-hydrogen) atoms. The second kappa shape index (κ2) is 8.56. The summed E-state index contributed by atoms with van der Waals surface area (Å²) in [5, 5.41) is 3.81. The van der Waals surface area contributed by atoms with E-state index in [1.54, 1.807) is 0 Å². The molecule has 3 nitrogen and oxygen atoms in total. The quantitative estimate of drug-likeness (QED) is 0.288. The molecule has 1 amide bonds. The van der Waals surface area contributed by atoms with Crippen LogP contribution in [0.25, 0.3) is 22.2 Å². The van der Waals surface area contributed by atoms with Crippen LogP contribution in [-0.2, 0) is 5.41 Å².